The molecule has 0 atom stereocenters. The highest BCUT2D eigenvalue weighted by Gasteiger charge is 2.45. The van der Waals surface area contributed by atoms with E-state index >= 15 is 0 Å². The SMILES string of the molecule is N#Cc1ccc(-c2ccc(-c3nc(-c4ccccc4)nc(-c4ccc(-c5cccc6c5Oc5ccccc5C6(c5ccccc5)c5ccccc5)cc4)n3)cc2)cc1. The van der Waals surface area contributed by atoms with Crippen molar-refractivity contribution >= 4 is 0 Å². The Balaban J connectivity index is 1.07. The number of rotatable bonds is 7. The van der Waals surface area contributed by atoms with Crippen molar-refractivity contribution in [1.82, 2.24) is 15.0 Å². The average molecular weight is 743 g/mol. The van der Waals surface area contributed by atoms with E-state index in [1.54, 1.807) is 0 Å². The number of fused-ring (bicyclic) bond motifs is 2. The summed E-state index contributed by atoms with van der Waals surface area (Å²) in [6.45, 7) is 0. The summed E-state index contributed by atoms with van der Waals surface area (Å²) in [6.07, 6.45) is 0. The summed E-state index contributed by atoms with van der Waals surface area (Å²) in [5.41, 5.74) is 11.3. The lowest BCUT2D eigenvalue weighted by atomic mass is 9.63. The first-order valence-electron chi connectivity index (χ1n) is 19.2. The molecule has 0 unspecified atom stereocenters. The van der Waals surface area contributed by atoms with Crippen LogP contribution in [0.3, 0.4) is 0 Å². The lowest BCUT2D eigenvalue weighted by molar-refractivity contribution is 0.436. The maximum Gasteiger partial charge on any atom is 0.164 e. The van der Waals surface area contributed by atoms with Crippen LogP contribution in [-0.2, 0) is 5.41 Å². The highest BCUT2D eigenvalue weighted by molar-refractivity contribution is 5.81. The van der Waals surface area contributed by atoms with E-state index in [-0.39, 0.29) is 0 Å². The fourth-order valence-corrected chi connectivity index (χ4v) is 8.15. The zero-order valence-corrected chi connectivity index (χ0v) is 31.3. The molecule has 0 saturated carbocycles. The fraction of sp³-hybridized carbons (Fsp3) is 0.0189. The smallest absolute Gasteiger partial charge is 0.164 e. The number of benzene rings is 8. The van der Waals surface area contributed by atoms with Gasteiger partial charge in [0.15, 0.2) is 17.5 Å². The van der Waals surface area contributed by atoms with Crippen LogP contribution >= 0.6 is 0 Å². The van der Waals surface area contributed by atoms with Gasteiger partial charge >= 0.3 is 0 Å². The molecule has 272 valence electrons. The third-order valence-corrected chi connectivity index (χ3v) is 10.9. The first kappa shape index (κ1) is 34.5. The van der Waals surface area contributed by atoms with E-state index < -0.39 is 5.41 Å². The van der Waals surface area contributed by atoms with Gasteiger partial charge in [-0.3, -0.25) is 0 Å². The number of aromatic nitrogens is 3. The third kappa shape index (κ3) is 6.01. The first-order chi connectivity index (χ1) is 28.7. The molecule has 1 aromatic heterocycles. The van der Waals surface area contributed by atoms with Gasteiger partial charge < -0.3 is 4.74 Å². The predicted octanol–water partition coefficient (Wildman–Crippen LogP) is 12.6. The number of nitriles is 1. The Morgan fingerprint density at radius 1 is 0.379 bits per heavy atom. The van der Waals surface area contributed by atoms with Crippen molar-refractivity contribution < 1.29 is 4.74 Å². The van der Waals surface area contributed by atoms with E-state index in [0.717, 1.165) is 61.6 Å². The average Bonchev–Trinajstić information content (AvgIpc) is 3.31. The fourth-order valence-electron chi connectivity index (χ4n) is 8.15. The van der Waals surface area contributed by atoms with Crippen molar-refractivity contribution in [1.29, 1.82) is 5.26 Å². The van der Waals surface area contributed by atoms with E-state index in [0.29, 0.717) is 23.0 Å². The van der Waals surface area contributed by atoms with Crippen molar-refractivity contribution in [3.63, 3.8) is 0 Å². The quantitative estimate of drug-likeness (QED) is 0.163. The molecule has 2 heterocycles. The summed E-state index contributed by atoms with van der Waals surface area (Å²) in [5.74, 6) is 3.44. The van der Waals surface area contributed by atoms with Crippen molar-refractivity contribution in [2.24, 2.45) is 0 Å². The van der Waals surface area contributed by atoms with Gasteiger partial charge in [0.2, 0.25) is 0 Å². The number of hydrogen-bond donors (Lipinski definition) is 0. The molecule has 5 nitrogen and oxygen atoms in total. The second-order valence-electron chi connectivity index (χ2n) is 14.3. The summed E-state index contributed by atoms with van der Waals surface area (Å²) in [6, 6.07) is 72.7. The van der Waals surface area contributed by atoms with Crippen molar-refractivity contribution in [3.8, 4) is 74.0 Å². The standard InChI is InChI=1S/C53H34N4O/c54-35-36-23-25-37(26-24-36)38-27-31-41(32-28-38)51-55-50(40-13-4-1-5-14-40)56-52(57-51)42-33-29-39(30-34-42)45-19-12-21-47-49(45)58-48-22-11-10-20-46(48)53(47,43-15-6-2-7-16-43)44-17-8-3-9-18-44/h1-34H. The van der Waals surface area contributed by atoms with Crippen molar-refractivity contribution in [3.05, 3.63) is 234 Å². The Hall–Kier alpha value is -7.94. The topological polar surface area (TPSA) is 71.7 Å². The van der Waals surface area contributed by atoms with Gasteiger partial charge in [0.1, 0.15) is 11.5 Å². The van der Waals surface area contributed by atoms with Gasteiger partial charge in [-0.25, -0.2) is 15.0 Å². The van der Waals surface area contributed by atoms with Crippen molar-refractivity contribution in [2.45, 2.75) is 5.41 Å². The molecule has 1 aliphatic rings. The molecule has 0 bridgehead atoms. The van der Waals surface area contributed by atoms with Crippen molar-refractivity contribution in [2.75, 3.05) is 0 Å². The number of para-hydroxylation sites is 2. The molecule has 0 spiro atoms. The van der Waals surface area contributed by atoms with Gasteiger partial charge in [-0.15, -0.1) is 0 Å². The van der Waals surface area contributed by atoms with Crippen LogP contribution in [0.4, 0.5) is 0 Å². The molecule has 0 saturated heterocycles. The molecular formula is C53H34N4O. The minimum Gasteiger partial charge on any atom is -0.456 e. The molecule has 0 amide bonds. The van der Waals surface area contributed by atoms with Gasteiger partial charge in [-0.1, -0.05) is 188 Å². The van der Waals surface area contributed by atoms with Crippen LogP contribution in [0, 0.1) is 11.3 Å². The molecule has 9 aromatic rings. The maximum absolute atomic E-state index is 9.22. The number of ether oxygens (including phenoxy) is 1. The monoisotopic (exact) mass is 742 g/mol. The minimum absolute atomic E-state index is 0.582. The van der Waals surface area contributed by atoms with Gasteiger partial charge in [-0.05, 0) is 46.0 Å². The van der Waals surface area contributed by atoms with Crippen LogP contribution in [0.15, 0.2) is 206 Å². The zero-order chi connectivity index (χ0) is 38.9. The lowest BCUT2D eigenvalue weighted by Crippen LogP contribution is -2.34. The summed E-state index contributed by atoms with van der Waals surface area (Å²) in [4.78, 5) is 15.0. The number of hydrogen-bond acceptors (Lipinski definition) is 5. The largest absolute Gasteiger partial charge is 0.456 e. The predicted molar refractivity (Wildman–Crippen MR) is 230 cm³/mol. The van der Waals surface area contributed by atoms with Crippen LogP contribution in [0.5, 0.6) is 11.5 Å². The summed E-state index contributed by atoms with van der Waals surface area (Å²) < 4.78 is 6.91. The summed E-state index contributed by atoms with van der Waals surface area (Å²) in [5, 5.41) is 9.22. The molecule has 0 aliphatic carbocycles. The normalized spacial score (nSPS) is 12.4. The molecule has 5 heteroatoms. The molecule has 1 aliphatic heterocycles. The Kier molecular flexibility index (Phi) is 8.70. The van der Waals surface area contributed by atoms with Crippen LogP contribution in [0.25, 0.3) is 56.4 Å². The lowest BCUT2D eigenvalue weighted by Gasteiger charge is -2.42. The third-order valence-electron chi connectivity index (χ3n) is 10.9. The van der Waals surface area contributed by atoms with Crippen LogP contribution < -0.4 is 4.74 Å². The van der Waals surface area contributed by atoms with Crippen LogP contribution in [-0.4, -0.2) is 15.0 Å². The van der Waals surface area contributed by atoms with Crippen LogP contribution in [0.2, 0.25) is 0 Å². The zero-order valence-electron chi connectivity index (χ0n) is 31.3. The Morgan fingerprint density at radius 2 is 0.810 bits per heavy atom. The van der Waals surface area contributed by atoms with E-state index in [4.69, 9.17) is 19.7 Å². The van der Waals surface area contributed by atoms with Gasteiger partial charge in [0.05, 0.1) is 17.0 Å². The Labute approximate surface area is 337 Å². The highest BCUT2D eigenvalue weighted by atomic mass is 16.5. The van der Waals surface area contributed by atoms with E-state index in [1.807, 2.05) is 72.8 Å². The molecular weight excluding hydrogens is 709 g/mol. The first-order valence-corrected chi connectivity index (χ1v) is 19.2. The second kappa shape index (κ2) is 14.6. The van der Waals surface area contributed by atoms with Gasteiger partial charge in [-0.2, -0.15) is 5.26 Å². The van der Waals surface area contributed by atoms with Gasteiger partial charge in [0, 0.05) is 33.4 Å². The minimum atomic E-state index is -0.599. The summed E-state index contributed by atoms with van der Waals surface area (Å²) in [7, 11) is 0. The molecule has 0 N–H and O–H groups in total. The Bertz CT molecular complexity index is 2900. The molecule has 10 rings (SSSR count). The van der Waals surface area contributed by atoms with E-state index in [9.17, 15) is 5.26 Å². The second-order valence-corrected chi connectivity index (χ2v) is 14.3. The van der Waals surface area contributed by atoms with Crippen LogP contribution in [0.1, 0.15) is 27.8 Å². The maximum atomic E-state index is 9.22. The molecule has 0 fully saturated rings. The van der Waals surface area contributed by atoms with E-state index in [1.165, 1.54) is 11.1 Å². The molecule has 0 radical (unpaired) electrons. The Morgan fingerprint density at radius 3 is 1.36 bits per heavy atom. The molecule has 58 heavy (non-hydrogen) atoms. The van der Waals surface area contributed by atoms with E-state index in [2.05, 4.69) is 140 Å². The number of nitrogens with zero attached hydrogens (tertiary/aromatic N) is 4. The highest BCUT2D eigenvalue weighted by Crippen LogP contribution is 2.57. The van der Waals surface area contributed by atoms with Gasteiger partial charge in [0.25, 0.3) is 0 Å². The molecule has 8 aromatic carbocycles. The summed E-state index contributed by atoms with van der Waals surface area (Å²) >= 11 is 0.